The quantitative estimate of drug-likeness (QED) is 0.790. The molecule has 2 aromatic heterocycles. The monoisotopic (exact) mass is 341 g/mol. The number of nitrogens with one attached hydrogen (secondary N) is 1. The minimum atomic E-state index is -0.222. The van der Waals surface area contributed by atoms with E-state index in [-0.39, 0.29) is 11.4 Å². The van der Waals surface area contributed by atoms with Crippen LogP contribution in [0.25, 0.3) is 11.2 Å². The van der Waals surface area contributed by atoms with Crippen LogP contribution in [0, 0.1) is 12.7 Å². The third-order valence-corrected chi connectivity index (χ3v) is 4.37. The molecule has 0 saturated heterocycles. The second-order valence-corrected chi connectivity index (χ2v) is 6.93. The van der Waals surface area contributed by atoms with Crippen molar-refractivity contribution in [3.8, 4) is 6.01 Å². The first-order valence-corrected chi connectivity index (χ1v) is 8.33. The van der Waals surface area contributed by atoms with Crippen molar-refractivity contribution >= 4 is 17.0 Å². The van der Waals surface area contributed by atoms with Gasteiger partial charge in [0.1, 0.15) is 18.2 Å². The molecule has 0 unspecified atom stereocenters. The van der Waals surface area contributed by atoms with Gasteiger partial charge in [-0.05, 0) is 44.9 Å². The fourth-order valence-corrected chi connectivity index (χ4v) is 3.09. The van der Waals surface area contributed by atoms with E-state index >= 15 is 0 Å². The third-order valence-electron chi connectivity index (χ3n) is 4.37. The summed E-state index contributed by atoms with van der Waals surface area (Å²) in [6, 6.07) is 7.11. The smallest absolute Gasteiger partial charge is 0.299 e. The molecule has 7 heteroatoms. The number of hydrogen-bond acceptors (Lipinski definition) is 5. The average molecular weight is 341 g/mol. The molecule has 0 fully saturated rings. The number of aryl methyl sites for hydroxylation is 1. The van der Waals surface area contributed by atoms with Gasteiger partial charge < -0.3 is 10.1 Å². The van der Waals surface area contributed by atoms with Gasteiger partial charge in [0.25, 0.3) is 6.01 Å². The van der Waals surface area contributed by atoms with Gasteiger partial charge in [-0.3, -0.25) is 4.57 Å². The van der Waals surface area contributed by atoms with E-state index in [1.807, 2.05) is 11.5 Å². The lowest BCUT2D eigenvalue weighted by atomic mass is 10.1. The standard InChI is InChI=1S/C18H20FN5O/c1-11-21-15(20-9-8-12-4-6-13(19)7-5-12)14-16(22-11)24-17(23-14)25-10-18(24,2)3/h4-7H,8-10H2,1-3H3,(H,20,21,22). The molecule has 0 amide bonds. The summed E-state index contributed by atoms with van der Waals surface area (Å²) in [5.41, 5.74) is 2.38. The highest BCUT2D eigenvalue weighted by Crippen LogP contribution is 2.36. The molecule has 0 bridgehead atoms. The van der Waals surface area contributed by atoms with Gasteiger partial charge in [0, 0.05) is 6.54 Å². The summed E-state index contributed by atoms with van der Waals surface area (Å²) in [5.74, 6) is 1.16. The summed E-state index contributed by atoms with van der Waals surface area (Å²) >= 11 is 0. The summed E-state index contributed by atoms with van der Waals surface area (Å²) in [5, 5.41) is 3.33. The predicted molar refractivity (Wildman–Crippen MR) is 93.5 cm³/mol. The van der Waals surface area contributed by atoms with Crippen LogP contribution >= 0.6 is 0 Å². The Morgan fingerprint density at radius 1 is 1.20 bits per heavy atom. The number of benzene rings is 1. The van der Waals surface area contributed by atoms with Crippen molar-refractivity contribution in [3.63, 3.8) is 0 Å². The van der Waals surface area contributed by atoms with Crippen molar-refractivity contribution in [1.82, 2.24) is 19.5 Å². The number of nitrogens with zero attached hydrogens (tertiary/aromatic N) is 4. The molecule has 3 heterocycles. The average Bonchev–Trinajstić information content (AvgIpc) is 3.07. The summed E-state index contributed by atoms with van der Waals surface area (Å²) in [7, 11) is 0. The number of hydrogen-bond donors (Lipinski definition) is 1. The molecular formula is C18H20FN5O. The molecule has 25 heavy (non-hydrogen) atoms. The summed E-state index contributed by atoms with van der Waals surface area (Å²) in [6.07, 6.45) is 0.764. The Labute approximate surface area is 145 Å². The summed E-state index contributed by atoms with van der Waals surface area (Å²) in [4.78, 5) is 13.6. The normalized spacial score (nSPS) is 15.2. The van der Waals surface area contributed by atoms with Gasteiger partial charge in [-0.1, -0.05) is 12.1 Å². The summed E-state index contributed by atoms with van der Waals surface area (Å²) in [6.45, 7) is 7.33. The largest absolute Gasteiger partial charge is 0.462 e. The van der Waals surface area contributed by atoms with Crippen molar-refractivity contribution in [2.75, 3.05) is 18.5 Å². The first-order chi connectivity index (χ1) is 11.9. The Hall–Kier alpha value is -2.70. The highest BCUT2D eigenvalue weighted by molar-refractivity contribution is 5.84. The highest BCUT2D eigenvalue weighted by atomic mass is 19.1. The Morgan fingerprint density at radius 2 is 1.96 bits per heavy atom. The van der Waals surface area contributed by atoms with Crippen molar-refractivity contribution < 1.29 is 9.13 Å². The van der Waals surface area contributed by atoms with Gasteiger partial charge in [0.05, 0.1) is 5.54 Å². The number of halogens is 1. The van der Waals surface area contributed by atoms with Crippen LogP contribution in [-0.4, -0.2) is 32.7 Å². The van der Waals surface area contributed by atoms with E-state index in [0.29, 0.717) is 36.3 Å². The van der Waals surface area contributed by atoms with E-state index in [1.165, 1.54) is 12.1 Å². The van der Waals surface area contributed by atoms with Crippen molar-refractivity contribution in [1.29, 1.82) is 0 Å². The van der Waals surface area contributed by atoms with E-state index in [1.54, 1.807) is 12.1 Å². The molecule has 3 aromatic rings. The number of anilines is 1. The van der Waals surface area contributed by atoms with E-state index in [4.69, 9.17) is 4.74 Å². The molecule has 0 radical (unpaired) electrons. The van der Waals surface area contributed by atoms with E-state index in [0.717, 1.165) is 17.6 Å². The minimum absolute atomic E-state index is 0.184. The molecule has 0 saturated carbocycles. The SMILES string of the molecule is Cc1nc(NCCc2ccc(F)cc2)c2nc3n(c2n1)C(C)(C)CO3. The van der Waals surface area contributed by atoms with Gasteiger partial charge in [-0.2, -0.15) is 4.98 Å². The van der Waals surface area contributed by atoms with Crippen LogP contribution in [0.1, 0.15) is 25.2 Å². The highest BCUT2D eigenvalue weighted by Gasteiger charge is 2.35. The first kappa shape index (κ1) is 15.8. The lowest BCUT2D eigenvalue weighted by Crippen LogP contribution is -2.26. The number of fused-ring (bicyclic) bond motifs is 3. The molecule has 130 valence electrons. The van der Waals surface area contributed by atoms with Crippen LogP contribution in [-0.2, 0) is 12.0 Å². The van der Waals surface area contributed by atoms with Crippen molar-refractivity contribution in [2.24, 2.45) is 0 Å². The maximum absolute atomic E-state index is 13.0. The van der Waals surface area contributed by atoms with Gasteiger partial charge in [-0.15, -0.1) is 0 Å². The molecule has 1 aliphatic heterocycles. The Kier molecular flexibility index (Phi) is 3.59. The van der Waals surface area contributed by atoms with Crippen LogP contribution in [0.4, 0.5) is 10.2 Å². The Balaban J connectivity index is 1.61. The molecular weight excluding hydrogens is 321 g/mol. The first-order valence-electron chi connectivity index (χ1n) is 8.33. The molecule has 4 rings (SSSR count). The zero-order valence-corrected chi connectivity index (χ0v) is 14.5. The van der Waals surface area contributed by atoms with Crippen LogP contribution in [0.15, 0.2) is 24.3 Å². The second kappa shape index (κ2) is 5.68. The van der Waals surface area contributed by atoms with E-state index in [9.17, 15) is 4.39 Å². The lowest BCUT2D eigenvalue weighted by Gasteiger charge is -2.18. The van der Waals surface area contributed by atoms with Crippen LogP contribution in [0.3, 0.4) is 0 Å². The zero-order valence-electron chi connectivity index (χ0n) is 14.5. The predicted octanol–water partition coefficient (Wildman–Crippen LogP) is 3.06. The third kappa shape index (κ3) is 2.79. The van der Waals surface area contributed by atoms with Gasteiger partial charge >= 0.3 is 0 Å². The maximum atomic E-state index is 13.0. The number of imidazole rings is 1. The van der Waals surface area contributed by atoms with Gasteiger partial charge in [0.15, 0.2) is 17.0 Å². The fourth-order valence-electron chi connectivity index (χ4n) is 3.09. The number of aromatic nitrogens is 4. The molecule has 0 aliphatic carbocycles. The topological polar surface area (TPSA) is 64.9 Å². The number of ether oxygens (including phenoxy) is 1. The van der Waals surface area contributed by atoms with Crippen molar-refractivity contribution in [2.45, 2.75) is 32.7 Å². The molecule has 0 spiro atoms. The molecule has 1 N–H and O–H groups in total. The summed E-state index contributed by atoms with van der Waals surface area (Å²) < 4.78 is 20.7. The van der Waals surface area contributed by atoms with E-state index in [2.05, 4.69) is 34.1 Å². The minimum Gasteiger partial charge on any atom is -0.462 e. The van der Waals surface area contributed by atoms with Gasteiger partial charge in [-0.25, -0.2) is 14.4 Å². The molecule has 0 atom stereocenters. The van der Waals surface area contributed by atoms with E-state index < -0.39 is 0 Å². The molecule has 1 aliphatic rings. The lowest BCUT2D eigenvalue weighted by molar-refractivity contribution is 0.268. The molecule has 1 aromatic carbocycles. The molecule has 6 nitrogen and oxygen atoms in total. The number of rotatable bonds is 4. The Bertz CT molecular complexity index is 933. The second-order valence-electron chi connectivity index (χ2n) is 6.93. The Morgan fingerprint density at radius 3 is 2.72 bits per heavy atom. The van der Waals surface area contributed by atoms with Crippen LogP contribution < -0.4 is 10.1 Å². The zero-order chi connectivity index (χ0) is 17.6. The van der Waals surface area contributed by atoms with Gasteiger partial charge in [0.2, 0.25) is 0 Å². The van der Waals surface area contributed by atoms with Crippen LogP contribution in [0.2, 0.25) is 0 Å². The maximum Gasteiger partial charge on any atom is 0.299 e. The van der Waals surface area contributed by atoms with Crippen LogP contribution in [0.5, 0.6) is 6.01 Å². The van der Waals surface area contributed by atoms with Crippen molar-refractivity contribution in [3.05, 3.63) is 41.5 Å². The fraction of sp³-hybridized carbons (Fsp3) is 0.389.